The molecule has 31 heavy (non-hydrogen) atoms. The summed E-state index contributed by atoms with van der Waals surface area (Å²) in [6, 6.07) is 12.5. The molecule has 1 N–H and O–H groups in total. The van der Waals surface area contributed by atoms with Gasteiger partial charge in [0.1, 0.15) is 12.3 Å². The number of carbonyl (C=O) groups is 2. The first-order chi connectivity index (χ1) is 14.8. The molecule has 0 saturated carbocycles. The summed E-state index contributed by atoms with van der Waals surface area (Å²) in [6.07, 6.45) is 2.63. The summed E-state index contributed by atoms with van der Waals surface area (Å²) in [7, 11) is 1.39. The molecule has 0 bridgehead atoms. The Morgan fingerprint density at radius 3 is 2.81 bits per heavy atom. The molecule has 0 spiro atoms. The van der Waals surface area contributed by atoms with Crippen LogP contribution in [0.15, 0.2) is 48.7 Å². The number of hydrogen-bond acceptors (Lipinski definition) is 6. The lowest BCUT2D eigenvalue weighted by Gasteiger charge is -2.27. The lowest BCUT2D eigenvalue weighted by molar-refractivity contribution is -0.202. The van der Waals surface area contributed by atoms with E-state index in [1.807, 2.05) is 30.3 Å². The predicted octanol–water partition coefficient (Wildman–Crippen LogP) is 3.92. The van der Waals surface area contributed by atoms with Gasteiger partial charge < -0.3 is 14.6 Å². The number of ether oxygens (including phenoxy) is 2. The summed E-state index contributed by atoms with van der Waals surface area (Å²) < 4.78 is 10.4. The molecule has 1 unspecified atom stereocenters. The van der Waals surface area contributed by atoms with Crippen LogP contribution in [0.1, 0.15) is 37.4 Å². The highest BCUT2D eigenvalue weighted by molar-refractivity contribution is 6.30. The van der Waals surface area contributed by atoms with Gasteiger partial charge in [0.05, 0.1) is 6.04 Å². The number of methoxy groups -OCH3 is 1. The van der Waals surface area contributed by atoms with E-state index in [1.54, 1.807) is 19.1 Å². The third-order valence-corrected chi connectivity index (χ3v) is 5.78. The van der Waals surface area contributed by atoms with Gasteiger partial charge in [0.15, 0.2) is 0 Å². The fourth-order valence-corrected chi connectivity index (χ4v) is 3.89. The number of aromatic nitrogens is 1. The largest absolute Gasteiger partial charge is 0.447 e. The van der Waals surface area contributed by atoms with Crippen molar-refractivity contribution in [1.82, 2.24) is 9.88 Å². The van der Waals surface area contributed by atoms with Gasteiger partial charge in [0, 0.05) is 30.7 Å². The first kappa shape index (κ1) is 23.2. The average Bonchev–Trinajstić information content (AvgIpc) is 3.13. The van der Waals surface area contributed by atoms with Gasteiger partial charge in [-0.2, -0.15) is 0 Å². The first-order valence-corrected chi connectivity index (χ1v) is 10.6. The molecule has 1 saturated heterocycles. The van der Waals surface area contributed by atoms with Gasteiger partial charge >= 0.3 is 6.09 Å². The van der Waals surface area contributed by atoms with E-state index in [2.05, 4.69) is 4.98 Å². The highest BCUT2D eigenvalue weighted by atomic mass is 35.5. The Hall–Kier alpha value is -2.48. The van der Waals surface area contributed by atoms with Gasteiger partial charge in [-0.25, -0.2) is 9.69 Å². The van der Waals surface area contributed by atoms with Crippen LogP contribution in [-0.2, 0) is 26.5 Å². The number of rotatable bonds is 9. The summed E-state index contributed by atoms with van der Waals surface area (Å²) in [5.41, 5.74) is 1.35. The third-order valence-electron chi connectivity index (χ3n) is 5.55. The number of amides is 2. The minimum absolute atomic E-state index is 0.191. The van der Waals surface area contributed by atoms with E-state index in [9.17, 15) is 14.7 Å². The molecule has 7 nitrogen and oxygen atoms in total. The number of halogens is 1. The molecule has 2 amide bonds. The summed E-state index contributed by atoms with van der Waals surface area (Å²) in [4.78, 5) is 30.6. The fraction of sp³-hybridized carbons (Fsp3) is 0.435. The van der Waals surface area contributed by atoms with E-state index in [4.69, 9.17) is 21.1 Å². The van der Waals surface area contributed by atoms with Gasteiger partial charge in [0.2, 0.25) is 11.7 Å². The topological polar surface area (TPSA) is 89.0 Å². The molecule has 0 radical (unpaired) electrons. The average molecular weight is 447 g/mol. The van der Waals surface area contributed by atoms with Gasteiger partial charge in [-0.15, -0.1) is 0 Å². The maximum absolute atomic E-state index is 13.0. The number of carbonyl (C=O) groups excluding carboxylic acids is 2. The zero-order valence-corrected chi connectivity index (χ0v) is 18.4. The van der Waals surface area contributed by atoms with E-state index in [1.165, 1.54) is 18.2 Å². The molecular weight excluding hydrogens is 420 g/mol. The summed E-state index contributed by atoms with van der Waals surface area (Å²) in [6.45, 7) is 1.97. The Labute approximate surface area is 186 Å². The van der Waals surface area contributed by atoms with Crippen molar-refractivity contribution in [2.24, 2.45) is 5.92 Å². The second-order valence-electron chi connectivity index (χ2n) is 7.77. The Kier molecular flexibility index (Phi) is 7.64. The quantitative estimate of drug-likeness (QED) is 0.587. The molecule has 2 aromatic rings. The van der Waals surface area contributed by atoms with E-state index < -0.39 is 17.8 Å². The number of benzene rings is 1. The van der Waals surface area contributed by atoms with Crippen LogP contribution in [-0.4, -0.2) is 46.7 Å². The van der Waals surface area contributed by atoms with Crippen molar-refractivity contribution in [2.75, 3.05) is 13.7 Å². The fourth-order valence-electron chi connectivity index (χ4n) is 3.73. The van der Waals surface area contributed by atoms with E-state index in [-0.39, 0.29) is 25.0 Å². The normalized spacial score (nSPS) is 19.0. The number of imide groups is 1. The van der Waals surface area contributed by atoms with Crippen LogP contribution in [0.4, 0.5) is 4.79 Å². The summed E-state index contributed by atoms with van der Waals surface area (Å²) in [5.74, 6) is -2.29. The molecule has 1 aliphatic heterocycles. The minimum atomic E-state index is -1.60. The van der Waals surface area contributed by atoms with Gasteiger partial charge in [-0.3, -0.25) is 9.78 Å². The highest BCUT2D eigenvalue weighted by Crippen LogP contribution is 2.29. The molecule has 1 aliphatic rings. The SMILES string of the molecule is COC(O)(CCC[C@@H](C)C(=O)N1C(=O)OC[C@H]1Cc1ccccc1)c1cc(Cl)ccn1. The maximum Gasteiger partial charge on any atom is 0.416 e. The molecule has 1 fully saturated rings. The monoisotopic (exact) mass is 446 g/mol. The van der Waals surface area contributed by atoms with E-state index in [0.717, 1.165) is 5.56 Å². The van der Waals surface area contributed by atoms with E-state index in [0.29, 0.717) is 30.0 Å². The molecule has 3 rings (SSSR count). The van der Waals surface area contributed by atoms with Crippen LogP contribution in [0.3, 0.4) is 0 Å². The van der Waals surface area contributed by atoms with Crippen molar-refractivity contribution >= 4 is 23.6 Å². The van der Waals surface area contributed by atoms with Crippen molar-refractivity contribution < 1.29 is 24.2 Å². The van der Waals surface area contributed by atoms with E-state index >= 15 is 0 Å². The number of aliphatic hydroxyl groups is 1. The Bertz CT molecular complexity index is 910. The van der Waals surface area contributed by atoms with Crippen molar-refractivity contribution in [3.8, 4) is 0 Å². The Balaban J connectivity index is 1.59. The van der Waals surface area contributed by atoms with Gasteiger partial charge in [-0.1, -0.05) is 48.9 Å². The molecule has 1 aromatic heterocycles. The molecule has 3 atom stereocenters. The van der Waals surface area contributed by atoms with Crippen molar-refractivity contribution in [2.45, 2.75) is 44.4 Å². The second kappa shape index (κ2) is 10.2. The Morgan fingerprint density at radius 2 is 2.13 bits per heavy atom. The molecule has 0 aliphatic carbocycles. The number of cyclic esters (lactones) is 1. The maximum atomic E-state index is 13.0. The lowest BCUT2D eigenvalue weighted by Crippen LogP contribution is -2.43. The number of hydrogen-bond donors (Lipinski definition) is 1. The standard InChI is InChI=1S/C23H27ClN2O5/c1-16(7-6-11-23(29,30-2)20-14-18(24)10-12-25-20)21(27)26-19(15-31-22(26)28)13-17-8-4-3-5-9-17/h3-5,8-10,12,14,16,19,29H,6-7,11,13,15H2,1-2H3/t16-,19-,23?/m1/s1. The molecular formula is C23H27ClN2O5. The van der Waals surface area contributed by atoms with Crippen LogP contribution in [0.5, 0.6) is 0 Å². The first-order valence-electron chi connectivity index (χ1n) is 10.3. The Morgan fingerprint density at radius 1 is 1.39 bits per heavy atom. The van der Waals surface area contributed by atoms with Crippen molar-refractivity contribution in [3.05, 3.63) is 64.9 Å². The van der Waals surface area contributed by atoms with Crippen LogP contribution in [0.25, 0.3) is 0 Å². The van der Waals surface area contributed by atoms with Crippen LogP contribution < -0.4 is 0 Å². The lowest BCUT2D eigenvalue weighted by atomic mass is 9.97. The van der Waals surface area contributed by atoms with Crippen LogP contribution >= 0.6 is 11.6 Å². The van der Waals surface area contributed by atoms with Gasteiger partial charge in [0.25, 0.3) is 0 Å². The highest BCUT2D eigenvalue weighted by Gasteiger charge is 2.40. The predicted molar refractivity (Wildman–Crippen MR) is 115 cm³/mol. The number of nitrogens with zero attached hydrogens (tertiary/aromatic N) is 2. The van der Waals surface area contributed by atoms with Crippen LogP contribution in [0.2, 0.25) is 5.02 Å². The molecule has 8 heteroatoms. The summed E-state index contributed by atoms with van der Waals surface area (Å²) >= 11 is 5.99. The molecule has 166 valence electrons. The molecule has 1 aromatic carbocycles. The smallest absolute Gasteiger partial charge is 0.416 e. The summed E-state index contributed by atoms with van der Waals surface area (Å²) in [5, 5.41) is 11.3. The second-order valence-corrected chi connectivity index (χ2v) is 8.21. The van der Waals surface area contributed by atoms with Crippen LogP contribution in [0, 0.1) is 5.92 Å². The minimum Gasteiger partial charge on any atom is -0.447 e. The zero-order valence-electron chi connectivity index (χ0n) is 17.7. The van der Waals surface area contributed by atoms with Gasteiger partial charge in [-0.05, 0) is 37.0 Å². The number of pyridine rings is 1. The molecule has 2 heterocycles. The van der Waals surface area contributed by atoms with Crippen molar-refractivity contribution in [1.29, 1.82) is 0 Å². The van der Waals surface area contributed by atoms with Crippen molar-refractivity contribution in [3.63, 3.8) is 0 Å². The third kappa shape index (κ3) is 5.61. The zero-order chi connectivity index (χ0) is 22.4.